The average molecular weight is 250 g/mol. The zero-order valence-electron chi connectivity index (χ0n) is 11.4. The summed E-state index contributed by atoms with van der Waals surface area (Å²) in [7, 11) is 0. The van der Waals surface area contributed by atoms with E-state index in [1.807, 2.05) is 67.6 Å². The third kappa shape index (κ3) is 6.85. The van der Waals surface area contributed by atoms with E-state index in [9.17, 15) is 4.79 Å². The molecule has 0 spiro atoms. The van der Waals surface area contributed by atoms with Gasteiger partial charge in [0, 0.05) is 17.5 Å². The fraction of sp³-hybridized carbons (Fsp3) is 0.167. The molecule has 0 saturated carbocycles. The second-order valence-electron chi connectivity index (χ2n) is 4.04. The van der Waals surface area contributed by atoms with Gasteiger partial charge >= 0.3 is 0 Å². The van der Waals surface area contributed by atoms with E-state index in [4.69, 9.17) is 0 Å². The van der Waals surface area contributed by atoms with Crippen LogP contribution in [0.1, 0.15) is 31.4 Å². The number of benzene rings is 2. The van der Waals surface area contributed by atoms with Gasteiger partial charge in [0.25, 0.3) is 0 Å². The molecule has 0 aliphatic rings. The van der Waals surface area contributed by atoms with Gasteiger partial charge in [0.2, 0.25) is 0 Å². The zero-order valence-corrected chi connectivity index (χ0v) is 11.4. The standard InChI is InChI=1S/C14H10.C4H8O/c1-3-7-13(8-4-1)11-12-14-9-5-2-6-10-14;1-3-4(2)5/h1-10H;3H2,1-2H3. The maximum atomic E-state index is 9.81. The summed E-state index contributed by atoms with van der Waals surface area (Å²) in [6, 6.07) is 20.0. The van der Waals surface area contributed by atoms with Gasteiger partial charge in [-0.3, -0.25) is 0 Å². The minimum absolute atomic E-state index is 0.255. The molecule has 0 aliphatic heterocycles. The van der Waals surface area contributed by atoms with Crippen molar-refractivity contribution >= 4 is 5.78 Å². The van der Waals surface area contributed by atoms with Gasteiger partial charge in [-0.05, 0) is 31.2 Å². The van der Waals surface area contributed by atoms with Crippen LogP contribution in [0.4, 0.5) is 0 Å². The Morgan fingerprint density at radius 1 is 0.842 bits per heavy atom. The highest BCUT2D eigenvalue weighted by Crippen LogP contribution is 1.98. The van der Waals surface area contributed by atoms with E-state index in [1.165, 1.54) is 0 Å². The first-order valence-electron chi connectivity index (χ1n) is 6.34. The summed E-state index contributed by atoms with van der Waals surface area (Å²) in [5.74, 6) is 6.48. The molecule has 96 valence electrons. The molecule has 0 unspecified atom stereocenters. The molecule has 0 amide bonds. The fourth-order valence-electron chi connectivity index (χ4n) is 1.19. The second-order valence-corrected chi connectivity index (χ2v) is 4.04. The highest BCUT2D eigenvalue weighted by atomic mass is 16.1. The smallest absolute Gasteiger partial charge is 0.129 e. The van der Waals surface area contributed by atoms with Gasteiger partial charge in [-0.15, -0.1) is 0 Å². The van der Waals surface area contributed by atoms with Crippen LogP contribution in [-0.4, -0.2) is 5.78 Å². The molecule has 0 heterocycles. The van der Waals surface area contributed by atoms with Crippen molar-refractivity contribution in [3.05, 3.63) is 71.8 Å². The monoisotopic (exact) mass is 250 g/mol. The Kier molecular flexibility index (Phi) is 6.76. The summed E-state index contributed by atoms with van der Waals surface area (Å²) < 4.78 is 0. The van der Waals surface area contributed by atoms with Crippen LogP contribution >= 0.6 is 0 Å². The van der Waals surface area contributed by atoms with Crippen LogP contribution in [0.2, 0.25) is 0 Å². The van der Waals surface area contributed by atoms with Gasteiger partial charge in [-0.1, -0.05) is 55.2 Å². The molecule has 1 heteroatoms. The first-order valence-corrected chi connectivity index (χ1v) is 6.34. The number of carbonyl (C=O) groups is 1. The van der Waals surface area contributed by atoms with Crippen LogP contribution in [0.25, 0.3) is 0 Å². The molecule has 1 nitrogen and oxygen atoms in total. The van der Waals surface area contributed by atoms with E-state index in [0.717, 1.165) is 11.1 Å². The average Bonchev–Trinajstić information content (AvgIpc) is 2.48. The number of rotatable bonds is 1. The highest BCUT2D eigenvalue weighted by Gasteiger charge is 1.83. The van der Waals surface area contributed by atoms with Crippen LogP contribution < -0.4 is 0 Å². The summed E-state index contributed by atoms with van der Waals surface area (Å²) in [6.45, 7) is 3.43. The summed E-state index contributed by atoms with van der Waals surface area (Å²) in [6.07, 6.45) is 0.667. The third-order valence-corrected chi connectivity index (χ3v) is 2.40. The lowest BCUT2D eigenvalue weighted by Gasteiger charge is -1.88. The highest BCUT2D eigenvalue weighted by molar-refractivity contribution is 5.74. The third-order valence-electron chi connectivity index (χ3n) is 2.40. The van der Waals surface area contributed by atoms with Gasteiger partial charge in [0.1, 0.15) is 5.78 Å². The number of hydrogen-bond donors (Lipinski definition) is 0. The molecular weight excluding hydrogens is 232 g/mol. The molecule has 0 aliphatic carbocycles. The van der Waals surface area contributed by atoms with Crippen molar-refractivity contribution in [2.45, 2.75) is 20.3 Å². The lowest BCUT2D eigenvalue weighted by Crippen LogP contribution is -1.80. The van der Waals surface area contributed by atoms with E-state index in [2.05, 4.69) is 11.8 Å². The fourth-order valence-corrected chi connectivity index (χ4v) is 1.19. The van der Waals surface area contributed by atoms with Gasteiger partial charge in [-0.2, -0.15) is 0 Å². The molecule has 19 heavy (non-hydrogen) atoms. The first-order chi connectivity index (χ1) is 9.22. The normalized spacial score (nSPS) is 8.53. The predicted octanol–water partition coefficient (Wildman–Crippen LogP) is 4.07. The molecule has 2 aromatic carbocycles. The number of hydrogen-bond acceptors (Lipinski definition) is 1. The number of carbonyl (C=O) groups excluding carboxylic acids is 1. The van der Waals surface area contributed by atoms with Crippen LogP contribution in [0.15, 0.2) is 60.7 Å². The van der Waals surface area contributed by atoms with E-state index >= 15 is 0 Å². The van der Waals surface area contributed by atoms with Gasteiger partial charge in [0.05, 0.1) is 0 Å². The molecule has 0 fully saturated rings. The van der Waals surface area contributed by atoms with E-state index in [-0.39, 0.29) is 5.78 Å². The van der Waals surface area contributed by atoms with Crippen LogP contribution in [0, 0.1) is 11.8 Å². The van der Waals surface area contributed by atoms with Crippen LogP contribution in [-0.2, 0) is 4.79 Å². The van der Waals surface area contributed by atoms with Crippen molar-refractivity contribution in [2.75, 3.05) is 0 Å². The Morgan fingerprint density at radius 2 is 1.16 bits per heavy atom. The van der Waals surface area contributed by atoms with Crippen LogP contribution in [0.5, 0.6) is 0 Å². The molecule has 0 saturated heterocycles. The summed E-state index contributed by atoms with van der Waals surface area (Å²) in [4.78, 5) is 9.81. The van der Waals surface area contributed by atoms with Gasteiger partial charge in [-0.25, -0.2) is 0 Å². The Labute approximate surface area is 115 Å². The molecule has 0 aromatic heterocycles. The lowest BCUT2D eigenvalue weighted by atomic mass is 10.2. The van der Waals surface area contributed by atoms with E-state index < -0.39 is 0 Å². The zero-order chi connectivity index (χ0) is 13.9. The number of ketones is 1. The second kappa shape index (κ2) is 8.72. The molecule has 0 atom stereocenters. The Bertz CT molecular complexity index is 501. The molecule has 0 bridgehead atoms. The minimum atomic E-state index is 0.255. The summed E-state index contributed by atoms with van der Waals surface area (Å²) in [5.41, 5.74) is 2.10. The Morgan fingerprint density at radius 3 is 1.42 bits per heavy atom. The quantitative estimate of drug-likeness (QED) is 0.697. The summed E-state index contributed by atoms with van der Waals surface area (Å²) >= 11 is 0. The van der Waals surface area contributed by atoms with Gasteiger partial charge < -0.3 is 4.79 Å². The SMILES string of the molecule is C(#Cc1ccccc1)c1ccccc1.CCC(C)=O. The number of Topliss-reactive ketones (excluding diaryl/α,β-unsaturated/α-hetero) is 1. The topological polar surface area (TPSA) is 17.1 Å². The first kappa shape index (κ1) is 14.7. The largest absolute Gasteiger partial charge is 0.300 e. The molecule has 0 radical (unpaired) electrons. The Hall–Kier alpha value is -2.33. The molecule has 2 aromatic rings. The van der Waals surface area contributed by atoms with Crippen molar-refractivity contribution in [1.29, 1.82) is 0 Å². The maximum Gasteiger partial charge on any atom is 0.129 e. The van der Waals surface area contributed by atoms with Crippen LogP contribution in [0.3, 0.4) is 0 Å². The predicted molar refractivity (Wildman–Crippen MR) is 79.8 cm³/mol. The summed E-state index contributed by atoms with van der Waals surface area (Å²) in [5, 5.41) is 0. The molecule has 2 rings (SSSR count). The van der Waals surface area contributed by atoms with E-state index in [0.29, 0.717) is 6.42 Å². The van der Waals surface area contributed by atoms with Crippen molar-refractivity contribution in [3.63, 3.8) is 0 Å². The molecular formula is C18H18O. The maximum absolute atomic E-state index is 9.81. The van der Waals surface area contributed by atoms with Crippen molar-refractivity contribution < 1.29 is 4.79 Å². The van der Waals surface area contributed by atoms with Crippen molar-refractivity contribution in [3.8, 4) is 11.8 Å². The van der Waals surface area contributed by atoms with Crippen molar-refractivity contribution in [2.24, 2.45) is 0 Å². The Balaban J connectivity index is 0.000000312. The van der Waals surface area contributed by atoms with Crippen molar-refractivity contribution in [1.82, 2.24) is 0 Å². The molecule has 0 N–H and O–H groups in total. The van der Waals surface area contributed by atoms with E-state index in [1.54, 1.807) is 6.92 Å². The minimum Gasteiger partial charge on any atom is -0.300 e. The van der Waals surface area contributed by atoms with Gasteiger partial charge in [0.15, 0.2) is 0 Å². The lowest BCUT2D eigenvalue weighted by molar-refractivity contribution is -0.116.